The van der Waals surface area contributed by atoms with Gasteiger partial charge in [0, 0.05) is 23.5 Å². The fourth-order valence-corrected chi connectivity index (χ4v) is 3.05. The summed E-state index contributed by atoms with van der Waals surface area (Å²) in [6.07, 6.45) is 1.14. The summed E-state index contributed by atoms with van der Waals surface area (Å²) < 4.78 is 2.30. The fraction of sp³-hybridized carbons (Fsp3) is 0.500. The van der Waals surface area contributed by atoms with Gasteiger partial charge in [0.1, 0.15) is 5.82 Å². The van der Waals surface area contributed by atoms with Crippen molar-refractivity contribution in [3.63, 3.8) is 0 Å². The van der Waals surface area contributed by atoms with Crippen molar-refractivity contribution in [1.29, 1.82) is 0 Å². The van der Waals surface area contributed by atoms with Crippen LogP contribution in [0.2, 0.25) is 5.02 Å². The SMILES string of the molecule is CCn1c(C2(C)CCNC2)nc2ccc(Cl)cc21. The third-order valence-corrected chi connectivity index (χ3v) is 4.17. The number of benzene rings is 1. The standard InChI is InChI=1S/C14H18ClN3/c1-3-18-12-8-10(15)4-5-11(12)17-13(18)14(2)6-7-16-9-14/h4-5,8,16H,3,6-7,9H2,1-2H3. The Morgan fingerprint density at radius 2 is 2.33 bits per heavy atom. The number of imidazole rings is 1. The predicted octanol–water partition coefficient (Wildman–Crippen LogP) is 2.96. The summed E-state index contributed by atoms with van der Waals surface area (Å²) >= 11 is 6.10. The van der Waals surface area contributed by atoms with Crippen LogP contribution in [0.4, 0.5) is 0 Å². The molecule has 2 heterocycles. The van der Waals surface area contributed by atoms with Crippen LogP contribution < -0.4 is 5.32 Å². The van der Waals surface area contributed by atoms with Gasteiger partial charge in [0.15, 0.2) is 0 Å². The maximum absolute atomic E-state index is 6.10. The Morgan fingerprint density at radius 1 is 1.50 bits per heavy atom. The minimum absolute atomic E-state index is 0.140. The molecule has 0 spiro atoms. The molecule has 1 aliphatic heterocycles. The molecule has 0 bridgehead atoms. The first-order valence-electron chi connectivity index (χ1n) is 6.51. The number of aromatic nitrogens is 2. The quantitative estimate of drug-likeness (QED) is 0.903. The number of aryl methyl sites for hydroxylation is 1. The normalized spacial score (nSPS) is 23.9. The lowest BCUT2D eigenvalue weighted by Crippen LogP contribution is -2.29. The van der Waals surface area contributed by atoms with E-state index >= 15 is 0 Å². The molecule has 4 heteroatoms. The minimum Gasteiger partial charge on any atom is -0.328 e. The highest BCUT2D eigenvalue weighted by atomic mass is 35.5. The van der Waals surface area contributed by atoms with Gasteiger partial charge in [0.2, 0.25) is 0 Å². The second-order valence-corrected chi connectivity index (χ2v) is 5.74. The first kappa shape index (κ1) is 12.0. The van der Waals surface area contributed by atoms with Crippen molar-refractivity contribution >= 4 is 22.6 Å². The molecular formula is C14H18ClN3. The second kappa shape index (κ2) is 4.25. The lowest BCUT2D eigenvalue weighted by molar-refractivity contribution is 0.465. The van der Waals surface area contributed by atoms with Gasteiger partial charge in [0.05, 0.1) is 11.0 Å². The van der Waals surface area contributed by atoms with E-state index in [0.717, 1.165) is 42.1 Å². The molecule has 1 N–H and O–H groups in total. The first-order valence-corrected chi connectivity index (χ1v) is 6.89. The van der Waals surface area contributed by atoms with E-state index in [9.17, 15) is 0 Å². The smallest absolute Gasteiger partial charge is 0.117 e. The van der Waals surface area contributed by atoms with Crippen molar-refractivity contribution in [2.75, 3.05) is 13.1 Å². The molecule has 0 aliphatic carbocycles. The molecule has 1 saturated heterocycles. The maximum Gasteiger partial charge on any atom is 0.117 e. The molecule has 0 radical (unpaired) electrons. The molecule has 2 aromatic rings. The Labute approximate surface area is 112 Å². The largest absolute Gasteiger partial charge is 0.328 e. The van der Waals surface area contributed by atoms with Gasteiger partial charge < -0.3 is 9.88 Å². The highest BCUT2D eigenvalue weighted by Gasteiger charge is 2.35. The topological polar surface area (TPSA) is 29.9 Å². The molecule has 0 saturated carbocycles. The van der Waals surface area contributed by atoms with Gasteiger partial charge in [-0.05, 0) is 38.1 Å². The van der Waals surface area contributed by atoms with Gasteiger partial charge in [0.25, 0.3) is 0 Å². The molecule has 96 valence electrons. The lowest BCUT2D eigenvalue weighted by atomic mass is 9.89. The van der Waals surface area contributed by atoms with E-state index in [-0.39, 0.29) is 5.41 Å². The molecule has 3 nitrogen and oxygen atoms in total. The number of nitrogens with one attached hydrogen (secondary N) is 1. The van der Waals surface area contributed by atoms with E-state index < -0.39 is 0 Å². The summed E-state index contributed by atoms with van der Waals surface area (Å²) in [5.74, 6) is 1.19. The molecule has 1 fully saturated rings. The van der Waals surface area contributed by atoms with Crippen molar-refractivity contribution in [2.24, 2.45) is 0 Å². The third-order valence-electron chi connectivity index (χ3n) is 3.94. The van der Waals surface area contributed by atoms with E-state index in [0.29, 0.717) is 0 Å². The van der Waals surface area contributed by atoms with Gasteiger partial charge in [-0.25, -0.2) is 4.98 Å². The van der Waals surface area contributed by atoms with Crippen LogP contribution in [0.3, 0.4) is 0 Å². The molecule has 1 aromatic carbocycles. The number of nitrogens with zero attached hydrogens (tertiary/aromatic N) is 2. The monoisotopic (exact) mass is 263 g/mol. The zero-order chi connectivity index (χ0) is 12.8. The molecule has 1 unspecified atom stereocenters. The Kier molecular flexibility index (Phi) is 2.83. The number of hydrogen-bond acceptors (Lipinski definition) is 2. The highest BCUT2D eigenvalue weighted by Crippen LogP contribution is 2.32. The zero-order valence-electron chi connectivity index (χ0n) is 10.8. The van der Waals surface area contributed by atoms with Crippen LogP contribution in [-0.4, -0.2) is 22.6 Å². The summed E-state index contributed by atoms with van der Waals surface area (Å²) in [7, 11) is 0. The van der Waals surface area contributed by atoms with Crippen LogP contribution >= 0.6 is 11.6 Å². The van der Waals surface area contributed by atoms with E-state index in [1.165, 1.54) is 5.82 Å². The van der Waals surface area contributed by atoms with E-state index in [4.69, 9.17) is 16.6 Å². The van der Waals surface area contributed by atoms with Gasteiger partial charge in [-0.15, -0.1) is 0 Å². The van der Waals surface area contributed by atoms with Gasteiger partial charge >= 0.3 is 0 Å². The molecule has 1 atom stereocenters. The summed E-state index contributed by atoms with van der Waals surface area (Å²) in [5, 5.41) is 4.22. The van der Waals surface area contributed by atoms with Crippen LogP contribution in [0.5, 0.6) is 0 Å². The lowest BCUT2D eigenvalue weighted by Gasteiger charge is -2.23. The Bertz CT molecular complexity index is 582. The predicted molar refractivity (Wildman–Crippen MR) is 75.3 cm³/mol. The van der Waals surface area contributed by atoms with Crippen LogP contribution in [0.15, 0.2) is 18.2 Å². The number of halogens is 1. The average Bonchev–Trinajstić information content (AvgIpc) is 2.93. The van der Waals surface area contributed by atoms with E-state index in [2.05, 4.69) is 23.7 Å². The Hall–Kier alpha value is -1.06. The van der Waals surface area contributed by atoms with Crippen molar-refractivity contribution in [3.05, 3.63) is 29.0 Å². The van der Waals surface area contributed by atoms with Crippen molar-refractivity contribution < 1.29 is 0 Å². The Morgan fingerprint density at radius 3 is 3.00 bits per heavy atom. The molecular weight excluding hydrogens is 246 g/mol. The molecule has 18 heavy (non-hydrogen) atoms. The van der Waals surface area contributed by atoms with Crippen molar-refractivity contribution in [2.45, 2.75) is 32.2 Å². The van der Waals surface area contributed by atoms with Crippen molar-refractivity contribution in [3.8, 4) is 0 Å². The Balaban J connectivity index is 2.23. The number of rotatable bonds is 2. The number of hydrogen-bond donors (Lipinski definition) is 1. The molecule has 3 rings (SSSR count). The second-order valence-electron chi connectivity index (χ2n) is 5.30. The highest BCUT2D eigenvalue weighted by molar-refractivity contribution is 6.31. The van der Waals surface area contributed by atoms with Crippen LogP contribution in [0, 0.1) is 0 Å². The first-order chi connectivity index (χ1) is 8.64. The van der Waals surface area contributed by atoms with Crippen LogP contribution in [0.25, 0.3) is 11.0 Å². The summed E-state index contributed by atoms with van der Waals surface area (Å²) in [6.45, 7) is 7.47. The zero-order valence-corrected chi connectivity index (χ0v) is 11.6. The van der Waals surface area contributed by atoms with E-state index in [1.54, 1.807) is 0 Å². The molecule has 0 amide bonds. The minimum atomic E-state index is 0.140. The summed E-state index contributed by atoms with van der Waals surface area (Å²) in [5.41, 5.74) is 2.33. The number of fused-ring (bicyclic) bond motifs is 1. The summed E-state index contributed by atoms with van der Waals surface area (Å²) in [6, 6.07) is 5.94. The summed E-state index contributed by atoms with van der Waals surface area (Å²) in [4.78, 5) is 4.84. The van der Waals surface area contributed by atoms with E-state index in [1.807, 2.05) is 18.2 Å². The van der Waals surface area contributed by atoms with Gasteiger partial charge in [-0.2, -0.15) is 0 Å². The van der Waals surface area contributed by atoms with Crippen LogP contribution in [0.1, 0.15) is 26.1 Å². The average molecular weight is 264 g/mol. The van der Waals surface area contributed by atoms with Gasteiger partial charge in [-0.3, -0.25) is 0 Å². The maximum atomic E-state index is 6.10. The molecule has 1 aliphatic rings. The van der Waals surface area contributed by atoms with Gasteiger partial charge in [-0.1, -0.05) is 18.5 Å². The van der Waals surface area contributed by atoms with Crippen LogP contribution in [-0.2, 0) is 12.0 Å². The molecule has 1 aromatic heterocycles. The fourth-order valence-electron chi connectivity index (χ4n) is 2.88. The third kappa shape index (κ3) is 1.73. The van der Waals surface area contributed by atoms with Crippen molar-refractivity contribution in [1.82, 2.24) is 14.9 Å².